The number of benzene rings is 1. The summed E-state index contributed by atoms with van der Waals surface area (Å²) in [6.45, 7) is 5.70. The molecule has 2 rings (SSSR count). The molecular weight excluding hydrogens is 193 g/mol. The van der Waals surface area contributed by atoms with Gasteiger partial charge in [-0.05, 0) is 26.8 Å². The molecule has 0 saturated carbocycles. The Balaban J connectivity index is 2.49. The zero-order chi connectivity index (χ0) is 11.2. The van der Waals surface area contributed by atoms with Gasteiger partial charge in [0.15, 0.2) is 0 Å². The molecule has 1 aliphatic rings. The van der Waals surface area contributed by atoms with E-state index in [2.05, 4.69) is 0 Å². The standard InChI is InChI=1S/C12H16FNO/c1-7(14)8-4-5-10-9(11(8)13)6-12(2,3)15-10/h4-5,7H,6,14H2,1-3H3. The molecule has 0 amide bonds. The van der Waals surface area contributed by atoms with Gasteiger partial charge in [-0.3, -0.25) is 0 Å². The summed E-state index contributed by atoms with van der Waals surface area (Å²) in [5.41, 5.74) is 6.62. The highest BCUT2D eigenvalue weighted by Gasteiger charge is 2.33. The van der Waals surface area contributed by atoms with Crippen molar-refractivity contribution in [3.05, 3.63) is 29.1 Å². The second-order valence-corrected chi connectivity index (χ2v) is 4.77. The van der Waals surface area contributed by atoms with Crippen LogP contribution < -0.4 is 10.5 Å². The van der Waals surface area contributed by atoms with E-state index < -0.39 is 0 Å². The maximum atomic E-state index is 14.0. The maximum Gasteiger partial charge on any atom is 0.134 e. The van der Waals surface area contributed by atoms with Gasteiger partial charge in [0.2, 0.25) is 0 Å². The summed E-state index contributed by atoms with van der Waals surface area (Å²) in [4.78, 5) is 0. The van der Waals surface area contributed by atoms with E-state index >= 15 is 0 Å². The van der Waals surface area contributed by atoms with Crippen molar-refractivity contribution in [2.24, 2.45) is 5.73 Å². The minimum Gasteiger partial charge on any atom is -0.487 e. The van der Waals surface area contributed by atoms with Crippen molar-refractivity contribution < 1.29 is 9.13 Å². The zero-order valence-corrected chi connectivity index (χ0v) is 9.30. The third kappa shape index (κ3) is 1.72. The number of nitrogens with two attached hydrogens (primary N) is 1. The van der Waals surface area contributed by atoms with E-state index in [4.69, 9.17) is 10.5 Å². The minimum atomic E-state index is -0.306. The quantitative estimate of drug-likeness (QED) is 0.771. The fourth-order valence-electron chi connectivity index (χ4n) is 1.99. The molecule has 3 heteroatoms. The normalized spacial score (nSPS) is 19.5. The van der Waals surface area contributed by atoms with Crippen molar-refractivity contribution in [1.29, 1.82) is 0 Å². The van der Waals surface area contributed by atoms with Crippen molar-refractivity contribution in [2.75, 3.05) is 0 Å². The fraction of sp³-hybridized carbons (Fsp3) is 0.500. The molecule has 2 nitrogen and oxygen atoms in total. The van der Waals surface area contributed by atoms with Crippen LogP contribution in [0.25, 0.3) is 0 Å². The lowest BCUT2D eigenvalue weighted by Crippen LogP contribution is -2.24. The minimum absolute atomic E-state index is 0.201. The highest BCUT2D eigenvalue weighted by atomic mass is 19.1. The lowest BCUT2D eigenvalue weighted by molar-refractivity contribution is 0.138. The van der Waals surface area contributed by atoms with Crippen LogP contribution in [0.15, 0.2) is 12.1 Å². The van der Waals surface area contributed by atoms with Crippen LogP contribution in [0.5, 0.6) is 5.75 Å². The first-order valence-corrected chi connectivity index (χ1v) is 5.16. The maximum absolute atomic E-state index is 14.0. The van der Waals surface area contributed by atoms with Crippen LogP contribution in [0.2, 0.25) is 0 Å². The third-order valence-corrected chi connectivity index (χ3v) is 2.71. The van der Waals surface area contributed by atoms with Crippen LogP contribution >= 0.6 is 0 Å². The summed E-state index contributed by atoms with van der Waals surface area (Å²) in [5.74, 6) is 0.454. The Bertz CT molecular complexity index is 399. The van der Waals surface area contributed by atoms with Crippen LogP contribution in [0.3, 0.4) is 0 Å². The Labute approximate surface area is 89.2 Å². The Morgan fingerprint density at radius 2 is 2.13 bits per heavy atom. The number of halogens is 1. The SMILES string of the molecule is CC(N)c1ccc2c(c1F)CC(C)(C)O2. The van der Waals surface area contributed by atoms with Crippen LogP contribution in [0.4, 0.5) is 4.39 Å². The molecule has 0 aromatic heterocycles. The van der Waals surface area contributed by atoms with E-state index in [0.717, 1.165) is 0 Å². The predicted molar refractivity (Wildman–Crippen MR) is 57.4 cm³/mol. The van der Waals surface area contributed by atoms with Gasteiger partial charge in [0, 0.05) is 23.6 Å². The summed E-state index contributed by atoms with van der Waals surface area (Å²) in [6, 6.07) is 3.24. The third-order valence-electron chi connectivity index (χ3n) is 2.71. The highest BCUT2D eigenvalue weighted by Crippen LogP contribution is 2.38. The lowest BCUT2D eigenvalue weighted by atomic mass is 9.97. The molecule has 0 fully saturated rings. The molecule has 0 aliphatic carbocycles. The molecule has 0 saturated heterocycles. The first-order valence-electron chi connectivity index (χ1n) is 5.16. The van der Waals surface area contributed by atoms with E-state index in [9.17, 15) is 4.39 Å². The molecule has 1 aliphatic heterocycles. The summed E-state index contributed by atoms with van der Waals surface area (Å²) in [6.07, 6.45) is 0.606. The molecular formula is C12H16FNO. The Morgan fingerprint density at radius 3 is 2.73 bits per heavy atom. The van der Waals surface area contributed by atoms with Gasteiger partial charge in [-0.2, -0.15) is 0 Å². The molecule has 1 aromatic carbocycles. The smallest absolute Gasteiger partial charge is 0.134 e. The van der Waals surface area contributed by atoms with E-state index in [-0.39, 0.29) is 17.5 Å². The second kappa shape index (κ2) is 3.20. The predicted octanol–water partition coefficient (Wildman–Crippen LogP) is 2.56. The number of ether oxygens (including phenoxy) is 1. The first-order chi connectivity index (χ1) is 6.91. The Morgan fingerprint density at radius 1 is 1.47 bits per heavy atom. The van der Waals surface area contributed by atoms with Gasteiger partial charge < -0.3 is 10.5 Å². The van der Waals surface area contributed by atoms with Crippen molar-refractivity contribution in [3.8, 4) is 5.75 Å². The summed E-state index contributed by atoms with van der Waals surface area (Å²) in [7, 11) is 0. The van der Waals surface area contributed by atoms with Crippen molar-refractivity contribution in [2.45, 2.75) is 38.8 Å². The first kappa shape index (κ1) is 10.4. The number of rotatable bonds is 1. The molecule has 1 atom stereocenters. The summed E-state index contributed by atoms with van der Waals surface area (Å²) >= 11 is 0. The molecule has 0 spiro atoms. The van der Waals surface area contributed by atoms with Crippen LogP contribution in [0.1, 0.15) is 37.9 Å². The molecule has 1 unspecified atom stereocenters. The molecule has 1 aromatic rings. The Kier molecular flexibility index (Phi) is 2.23. The van der Waals surface area contributed by atoms with Gasteiger partial charge in [0.05, 0.1) is 0 Å². The van der Waals surface area contributed by atoms with Crippen LogP contribution in [-0.4, -0.2) is 5.60 Å². The number of hydrogen-bond acceptors (Lipinski definition) is 2. The van der Waals surface area contributed by atoms with Crippen molar-refractivity contribution in [1.82, 2.24) is 0 Å². The Hall–Kier alpha value is -1.09. The fourth-order valence-corrected chi connectivity index (χ4v) is 1.99. The largest absolute Gasteiger partial charge is 0.487 e. The summed E-state index contributed by atoms with van der Waals surface area (Å²) < 4.78 is 19.6. The van der Waals surface area contributed by atoms with Gasteiger partial charge in [0.25, 0.3) is 0 Å². The number of fused-ring (bicyclic) bond motifs is 1. The average molecular weight is 209 g/mol. The van der Waals surface area contributed by atoms with Gasteiger partial charge in [-0.1, -0.05) is 6.07 Å². The second-order valence-electron chi connectivity index (χ2n) is 4.77. The van der Waals surface area contributed by atoms with Gasteiger partial charge >= 0.3 is 0 Å². The van der Waals surface area contributed by atoms with Crippen LogP contribution in [0, 0.1) is 5.82 Å². The average Bonchev–Trinajstić information content (AvgIpc) is 2.40. The zero-order valence-electron chi connectivity index (χ0n) is 9.30. The molecule has 0 bridgehead atoms. The topological polar surface area (TPSA) is 35.2 Å². The van der Waals surface area contributed by atoms with Gasteiger partial charge in [0.1, 0.15) is 17.2 Å². The van der Waals surface area contributed by atoms with E-state index in [1.54, 1.807) is 13.0 Å². The molecule has 1 heterocycles. The van der Waals surface area contributed by atoms with Crippen molar-refractivity contribution in [3.63, 3.8) is 0 Å². The monoisotopic (exact) mass is 209 g/mol. The van der Waals surface area contributed by atoms with Gasteiger partial charge in [-0.15, -0.1) is 0 Å². The number of hydrogen-bond donors (Lipinski definition) is 1. The van der Waals surface area contributed by atoms with Crippen molar-refractivity contribution >= 4 is 0 Å². The lowest BCUT2D eigenvalue weighted by Gasteiger charge is -2.16. The summed E-state index contributed by atoms with van der Waals surface area (Å²) in [5, 5.41) is 0. The van der Waals surface area contributed by atoms with Gasteiger partial charge in [-0.25, -0.2) is 4.39 Å². The molecule has 2 N–H and O–H groups in total. The van der Waals surface area contributed by atoms with E-state index in [1.807, 2.05) is 19.9 Å². The van der Waals surface area contributed by atoms with Crippen LogP contribution in [-0.2, 0) is 6.42 Å². The molecule has 82 valence electrons. The molecule has 15 heavy (non-hydrogen) atoms. The molecule has 0 radical (unpaired) electrons. The van der Waals surface area contributed by atoms with E-state index in [0.29, 0.717) is 23.3 Å². The van der Waals surface area contributed by atoms with E-state index in [1.165, 1.54) is 0 Å². The highest BCUT2D eigenvalue weighted by molar-refractivity contribution is 5.43.